The zero-order valence-corrected chi connectivity index (χ0v) is 12.0. The van der Waals surface area contributed by atoms with Crippen LogP contribution in [0, 0.1) is 0 Å². The van der Waals surface area contributed by atoms with Crippen LogP contribution in [0.2, 0.25) is 0 Å². The normalized spacial score (nSPS) is 10.2. The summed E-state index contributed by atoms with van der Waals surface area (Å²) in [5.74, 6) is 0.418. The van der Waals surface area contributed by atoms with E-state index in [-0.39, 0.29) is 8.41 Å². The molecule has 95 valence electrons. The van der Waals surface area contributed by atoms with Crippen LogP contribution < -0.4 is 4.72 Å². The van der Waals surface area contributed by atoms with Crippen LogP contribution in [-0.2, 0) is 10.0 Å². The molecule has 0 amide bonds. The molecule has 0 unspecified atom stereocenters. The number of nitrogens with one attached hydrogen (secondary N) is 1. The van der Waals surface area contributed by atoms with Gasteiger partial charge in [-0.15, -0.1) is 0 Å². The van der Waals surface area contributed by atoms with Gasteiger partial charge in [0.15, 0.2) is 0 Å². The Labute approximate surface area is 107 Å². The standard InChI is InChI=1S/C10H15NO2S.C2H6.B/c1-8(2)9-4-6-10(7-5-9)14(12,13)11-3;1-2;/h4-8,11H,1-3H3;1-2H3;. The van der Waals surface area contributed by atoms with Crippen LogP contribution in [0.3, 0.4) is 0 Å². The Balaban J connectivity index is 0. The molecule has 3 nitrogen and oxygen atoms in total. The van der Waals surface area contributed by atoms with Gasteiger partial charge in [0.1, 0.15) is 0 Å². The molecule has 1 aromatic carbocycles. The third kappa shape index (κ3) is 5.37. The second-order valence-electron chi connectivity index (χ2n) is 3.43. The number of benzene rings is 1. The summed E-state index contributed by atoms with van der Waals surface area (Å²) in [6.07, 6.45) is 0. The number of sulfonamides is 1. The molecule has 1 aromatic rings. The van der Waals surface area contributed by atoms with E-state index in [9.17, 15) is 8.42 Å². The summed E-state index contributed by atoms with van der Waals surface area (Å²) < 4.78 is 25.0. The molecule has 3 radical (unpaired) electrons. The first-order valence-corrected chi connectivity index (χ1v) is 6.99. The van der Waals surface area contributed by atoms with Gasteiger partial charge in [-0.1, -0.05) is 39.8 Å². The van der Waals surface area contributed by atoms with Gasteiger partial charge >= 0.3 is 0 Å². The lowest BCUT2D eigenvalue weighted by atomic mass is 10.0. The predicted octanol–water partition coefficient (Wildman–Crippen LogP) is 2.36. The second-order valence-corrected chi connectivity index (χ2v) is 5.32. The van der Waals surface area contributed by atoms with E-state index in [1.807, 2.05) is 26.0 Å². The Bertz CT molecular complexity index is 399. The number of rotatable bonds is 3. The molecule has 0 saturated heterocycles. The van der Waals surface area contributed by atoms with Gasteiger partial charge in [0.2, 0.25) is 10.0 Å². The van der Waals surface area contributed by atoms with Crippen molar-refractivity contribution in [1.82, 2.24) is 4.72 Å². The maximum atomic E-state index is 11.4. The van der Waals surface area contributed by atoms with E-state index < -0.39 is 10.0 Å². The molecule has 0 saturated carbocycles. The third-order valence-electron chi connectivity index (χ3n) is 2.13. The van der Waals surface area contributed by atoms with Crippen molar-refractivity contribution in [2.45, 2.75) is 38.5 Å². The van der Waals surface area contributed by atoms with Crippen LogP contribution in [0.1, 0.15) is 39.2 Å². The predicted molar refractivity (Wildman–Crippen MR) is 73.9 cm³/mol. The van der Waals surface area contributed by atoms with Gasteiger partial charge in [0, 0.05) is 8.41 Å². The molecule has 0 aliphatic heterocycles. The molecular weight excluding hydrogens is 233 g/mol. The second kappa shape index (κ2) is 8.31. The summed E-state index contributed by atoms with van der Waals surface area (Å²) in [5, 5.41) is 0. The molecule has 0 bridgehead atoms. The summed E-state index contributed by atoms with van der Waals surface area (Å²) >= 11 is 0. The molecule has 0 aromatic heterocycles. The Kier molecular flexibility index (Phi) is 9.07. The monoisotopic (exact) mass is 254 g/mol. The molecule has 0 aliphatic carbocycles. The highest BCUT2D eigenvalue weighted by Gasteiger charge is 2.10. The summed E-state index contributed by atoms with van der Waals surface area (Å²) in [5.41, 5.74) is 1.14. The van der Waals surface area contributed by atoms with E-state index in [1.165, 1.54) is 7.05 Å². The maximum Gasteiger partial charge on any atom is 0.240 e. The molecule has 0 aliphatic rings. The quantitative estimate of drug-likeness (QED) is 0.841. The molecule has 17 heavy (non-hydrogen) atoms. The van der Waals surface area contributed by atoms with Crippen LogP contribution in [0.5, 0.6) is 0 Å². The van der Waals surface area contributed by atoms with E-state index in [0.29, 0.717) is 10.8 Å². The minimum absolute atomic E-state index is 0. The Hall–Kier alpha value is -0.805. The van der Waals surface area contributed by atoms with E-state index in [1.54, 1.807) is 12.1 Å². The average Bonchev–Trinajstić information content (AvgIpc) is 2.32. The van der Waals surface area contributed by atoms with E-state index in [0.717, 1.165) is 5.56 Å². The zero-order chi connectivity index (χ0) is 12.8. The van der Waals surface area contributed by atoms with Crippen LogP contribution in [0.4, 0.5) is 0 Å². The van der Waals surface area contributed by atoms with Crippen molar-refractivity contribution in [2.24, 2.45) is 0 Å². The molecule has 1 rings (SSSR count). The van der Waals surface area contributed by atoms with Crippen molar-refractivity contribution in [3.05, 3.63) is 29.8 Å². The van der Waals surface area contributed by atoms with Crippen molar-refractivity contribution in [2.75, 3.05) is 7.05 Å². The lowest BCUT2D eigenvalue weighted by Crippen LogP contribution is -2.18. The van der Waals surface area contributed by atoms with Crippen LogP contribution in [-0.4, -0.2) is 23.9 Å². The topological polar surface area (TPSA) is 46.2 Å². The van der Waals surface area contributed by atoms with Crippen molar-refractivity contribution < 1.29 is 8.42 Å². The molecule has 1 N–H and O–H groups in total. The molecule has 0 heterocycles. The third-order valence-corrected chi connectivity index (χ3v) is 3.56. The van der Waals surface area contributed by atoms with Crippen LogP contribution in [0.25, 0.3) is 0 Å². The minimum Gasteiger partial charge on any atom is -0.214 e. The fourth-order valence-electron chi connectivity index (χ4n) is 1.15. The van der Waals surface area contributed by atoms with Gasteiger partial charge in [-0.25, -0.2) is 13.1 Å². The van der Waals surface area contributed by atoms with Gasteiger partial charge in [-0.2, -0.15) is 0 Å². The first-order chi connectivity index (χ1) is 7.47. The summed E-state index contributed by atoms with van der Waals surface area (Å²) in [4.78, 5) is 0.310. The highest BCUT2D eigenvalue weighted by molar-refractivity contribution is 7.89. The summed E-state index contributed by atoms with van der Waals surface area (Å²) in [6.45, 7) is 8.14. The highest BCUT2D eigenvalue weighted by Crippen LogP contribution is 2.16. The van der Waals surface area contributed by atoms with E-state index in [2.05, 4.69) is 18.6 Å². The van der Waals surface area contributed by atoms with E-state index in [4.69, 9.17) is 0 Å². The van der Waals surface area contributed by atoms with Gasteiger partial charge in [0.05, 0.1) is 4.90 Å². The van der Waals surface area contributed by atoms with Crippen LogP contribution >= 0.6 is 0 Å². The SMILES string of the molecule is CC.CNS(=O)(=O)c1ccc(C(C)C)cc1.[B]. The first kappa shape index (κ1) is 18.6. The molecular formula is C12H21BNO2S. The fourth-order valence-corrected chi connectivity index (χ4v) is 1.88. The van der Waals surface area contributed by atoms with Gasteiger partial charge < -0.3 is 0 Å². The lowest BCUT2D eigenvalue weighted by Gasteiger charge is -2.06. The zero-order valence-electron chi connectivity index (χ0n) is 11.2. The number of hydrogen-bond acceptors (Lipinski definition) is 2. The lowest BCUT2D eigenvalue weighted by molar-refractivity contribution is 0.588. The Morgan fingerprint density at radius 3 is 1.76 bits per heavy atom. The molecule has 0 atom stereocenters. The van der Waals surface area contributed by atoms with Crippen molar-refractivity contribution in [3.8, 4) is 0 Å². The number of hydrogen-bond donors (Lipinski definition) is 1. The smallest absolute Gasteiger partial charge is 0.214 e. The summed E-state index contributed by atoms with van der Waals surface area (Å²) in [7, 11) is -1.88. The maximum absolute atomic E-state index is 11.4. The average molecular weight is 254 g/mol. The van der Waals surface area contributed by atoms with Crippen molar-refractivity contribution in [1.29, 1.82) is 0 Å². The molecule has 5 heteroatoms. The van der Waals surface area contributed by atoms with Gasteiger partial charge in [-0.05, 0) is 30.7 Å². The summed E-state index contributed by atoms with van der Waals surface area (Å²) in [6, 6.07) is 6.94. The molecule has 0 spiro atoms. The van der Waals surface area contributed by atoms with Gasteiger partial charge in [-0.3, -0.25) is 0 Å². The van der Waals surface area contributed by atoms with Gasteiger partial charge in [0.25, 0.3) is 0 Å². The van der Waals surface area contributed by atoms with Crippen molar-refractivity contribution >= 4 is 18.4 Å². The van der Waals surface area contributed by atoms with Crippen molar-refractivity contribution in [3.63, 3.8) is 0 Å². The Morgan fingerprint density at radius 2 is 1.47 bits per heavy atom. The van der Waals surface area contributed by atoms with E-state index >= 15 is 0 Å². The molecule has 0 fully saturated rings. The largest absolute Gasteiger partial charge is 0.240 e. The van der Waals surface area contributed by atoms with Crippen LogP contribution in [0.15, 0.2) is 29.2 Å². The Morgan fingerprint density at radius 1 is 1.06 bits per heavy atom. The highest BCUT2D eigenvalue weighted by atomic mass is 32.2. The fraction of sp³-hybridized carbons (Fsp3) is 0.500. The first-order valence-electron chi connectivity index (χ1n) is 5.51. The minimum atomic E-state index is -3.29.